The Morgan fingerprint density at radius 1 is 1.15 bits per heavy atom. The largest absolute Gasteiger partial charge is 0.493 e. The monoisotopic (exact) mass is 357 g/mol. The van der Waals surface area contributed by atoms with Crippen LogP contribution >= 0.6 is 0 Å². The lowest BCUT2D eigenvalue weighted by molar-refractivity contribution is 0.0435. The second-order valence-corrected chi connectivity index (χ2v) is 5.46. The van der Waals surface area contributed by atoms with Gasteiger partial charge in [-0.15, -0.1) is 0 Å². The zero-order valence-corrected chi connectivity index (χ0v) is 14.7. The summed E-state index contributed by atoms with van der Waals surface area (Å²) in [7, 11) is 2.96. The first kappa shape index (κ1) is 17.6. The molecular formula is C19H19NO6. The number of carbonyl (C=O) groups excluding carboxylic acids is 2. The maximum atomic E-state index is 12.3. The zero-order chi connectivity index (χ0) is 18.7. The van der Waals surface area contributed by atoms with Crippen LogP contribution in [0.2, 0.25) is 0 Å². The summed E-state index contributed by atoms with van der Waals surface area (Å²) in [6.07, 6.45) is -0.757. The molecule has 2 aromatic rings. The average Bonchev–Trinajstić information content (AvgIpc) is 2.97. The highest BCUT2D eigenvalue weighted by atomic mass is 16.6. The number of benzene rings is 2. The maximum absolute atomic E-state index is 12.3. The molecule has 0 saturated carbocycles. The zero-order valence-electron chi connectivity index (χ0n) is 14.7. The van der Waals surface area contributed by atoms with Crippen LogP contribution in [-0.2, 0) is 9.47 Å². The summed E-state index contributed by atoms with van der Waals surface area (Å²) >= 11 is 0. The lowest BCUT2D eigenvalue weighted by Gasteiger charge is -2.17. The lowest BCUT2D eigenvalue weighted by atomic mass is 10.1. The highest BCUT2D eigenvalue weighted by Gasteiger charge is 2.36. The number of esters is 2. The molecule has 7 nitrogen and oxygen atoms in total. The molecule has 0 radical (unpaired) electrons. The molecule has 0 aliphatic carbocycles. The molecule has 0 fully saturated rings. The smallest absolute Gasteiger partial charge is 0.344 e. The summed E-state index contributed by atoms with van der Waals surface area (Å²) in [5.41, 5.74) is 1.77. The first-order valence-electron chi connectivity index (χ1n) is 8.09. The number of nitrogens with one attached hydrogen (secondary N) is 1. The Bertz CT molecular complexity index is 848. The summed E-state index contributed by atoms with van der Waals surface area (Å²) in [6, 6.07) is 10.3. The Balaban J connectivity index is 1.96. The number of cyclic esters (lactones) is 1. The third kappa shape index (κ3) is 3.03. The van der Waals surface area contributed by atoms with Crippen LogP contribution < -0.4 is 14.8 Å². The van der Waals surface area contributed by atoms with Gasteiger partial charge in [-0.3, -0.25) is 0 Å². The van der Waals surface area contributed by atoms with E-state index in [1.807, 2.05) is 0 Å². The fourth-order valence-electron chi connectivity index (χ4n) is 2.84. The van der Waals surface area contributed by atoms with Crippen molar-refractivity contribution in [2.75, 3.05) is 26.1 Å². The molecule has 1 atom stereocenters. The minimum absolute atomic E-state index is 0.269. The fraction of sp³-hybridized carbons (Fsp3) is 0.263. The Morgan fingerprint density at radius 3 is 2.62 bits per heavy atom. The Hall–Kier alpha value is -3.22. The predicted molar refractivity (Wildman–Crippen MR) is 93.7 cm³/mol. The number of anilines is 1. The first-order valence-corrected chi connectivity index (χ1v) is 8.09. The van der Waals surface area contributed by atoms with Crippen molar-refractivity contribution in [2.45, 2.75) is 13.2 Å². The number of para-hydroxylation sites is 1. The van der Waals surface area contributed by atoms with Crippen LogP contribution in [-0.4, -0.2) is 32.8 Å². The molecule has 7 heteroatoms. The van der Waals surface area contributed by atoms with Crippen molar-refractivity contribution >= 4 is 17.6 Å². The van der Waals surface area contributed by atoms with Gasteiger partial charge in [0.25, 0.3) is 0 Å². The van der Waals surface area contributed by atoms with E-state index < -0.39 is 18.2 Å². The quantitative estimate of drug-likeness (QED) is 0.795. The lowest BCUT2D eigenvalue weighted by Crippen LogP contribution is -2.14. The van der Waals surface area contributed by atoms with Gasteiger partial charge in [0.1, 0.15) is 5.56 Å². The summed E-state index contributed by atoms with van der Waals surface area (Å²) in [5, 5.41) is 3.08. The molecule has 1 aliphatic rings. The van der Waals surface area contributed by atoms with E-state index in [1.165, 1.54) is 14.2 Å². The summed E-state index contributed by atoms with van der Waals surface area (Å²) in [4.78, 5) is 24.5. The molecule has 0 saturated heterocycles. The second kappa shape index (κ2) is 7.35. The van der Waals surface area contributed by atoms with Gasteiger partial charge in [-0.05, 0) is 31.2 Å². The molecule has 1 aliphatic heterocycles. The van der Waals surface area contributed by atoms with Crippen LogP contribution in [0.15, 0.2) is 36.4 Å². The Morgan fingerprint density at radius 2 is 1.92 bits per heavy atom. The molecule has 0 bridgehead atoms. The van der Waals surface area contributed by atoms with Crippen LogP contribution in [0.4, 0.5) is 5.69 Å². The van der Waals surface area contributed by atoms with E-state index in [1.54, 1.807) is 43.3 Å². The van der Waals surface area contributed by atoms with Crippen LogP contribution in [0.3, 0.4) is 0 Å². The highest BCUT2D eigenvalue weighted by Crippen LogP contribution is 2.42. The van der Waals surface area contributed by atoms with Gasteiger partial charge in [-0.2, -0.15) is 0 Å². The van der Waals surface area contributed by atoms with Gasteiger partial charge in [-0.1, -0.05) is 12.1 Å². The third-order valence-electron chi connectivity index (χ3n) is 4.00. The highest BCUT2D eigenvalue weighted by molar-refractivity contribution is 5.99. The third-order valence-corrected chi connectivity index (χ3v) is 4.00. The molecule has 1 N–H and O–H groups in total. The van der Waals surface area contributed by atoms with Crippen LogP contribution in [0, 0.1) is 0 Å². The van der Waals surface area contributed by atoms with Gasteiger partial charge in [0.05, 0.1) is 32.1 Å². The van der Waals surface area contributed by atoms with E-state index in [2.05, 4.69) is 5.32 Å². The number of hydrogen-bond acceptors (Lipinski definition) is 7. The van der Waals surface area contributed by atoms with E-state index in [9.17, 15) is 9.59 Å². The van der Waals surface area contributed by atoms with Gasteiger partial charge in [0, 0.05) is 5.56 Å². The van der Waals surface area contributed by atoms with Crippen molar-refractivity contribution in [3.8, 4) is 11.5 Å². The van der Waals surface area contributed by atoms with Gasteiger partial charge in [0.2, 0.25) is 6.23 Å². The SMILES string of the molecule is CCOC(=O)c1ccccc1N[C@@H]1OC(=O)c2c1ccc(OC)c2OC. The van der Waals surface area contributed by atoms with Crippen LogP contribution in [0.25, 0.3) is 0 Å². The van der Waals surface area contributed by atoms with Gasteiger partial charge in [-0.25, -0.2) is 9.59 Å². The number of carbonyl (C=O) groups is 2. The molecule has 0 unspecified atom stereocenters. The topological polar surface area (TPSA) is 83.1 Å². The van der Waals surface area contributed by atoms with Crippen molar-refractivity contribution in [3.63, 3.8) is 0 Å². The van der Waals surface area contributed by atoms with Crippen LogP contribution in [0.5, 0.6) is 11.5 Å². The number of fused-ring (bicyclic) bond motifs is 1. The molecule has 0 aromatic heterocycles. The fourth-order valence-corrected chi connectivity index (χ4v) is 2.84. The molecule has 0 spiro atoms. The molecule has 2 aromatic carbocycles. The maximum Gasteiger partial charge on any atom is 0.344 e. The first-order chi connectivity index (χ1) is 12.6. The van der Waals surface area contributed by atoms with Crippen molar-refractivity contribution < 1.29 is 28.5 Å². The van der Waals surface area contributed by atoms with Gasteiger partial charge in [0.15, 0.2) is 11.5 Å². The van der Waals surface area contributed by atoms with Crippen molar-refractivity contribution in [2.24, 2.45) is 0 Å². The molecule has 0 amide bonds. The molecule has 1 heterocycles. The standard InChI is InChI=1S/C19H19NO6/c1-4-25-18(21)11-7-5-6-8-13(11)20-17-12-9-10-14(23-2)16(24-3)15(12)19(22)26-17/h5-10,17,20H,4H2,1-3H3/t17-/m1/s1. The van der Waals surface area contributed by atoms with Gasteiger partial charge < -0.3 is 24.3 Å². The van der Waals surface area contributed by atoms with Crippen molar-refractivity contribution in [1.29, 1.82) is 0 Å². The molecule has 26 heavy (non-hydrogen) atoms. The summed E-state index contributed by atoms with van der Waals surface area (Å²) < 4.78 is 21.0. The minimum atomic E-state index is -0.757. The number of rotatable bonds is 6. The average molecular weight is 357 g/mol. The normalized spacial score (nSPS) is 15.0. The second-order valence-electron chi connectivity index (χ2n) is 5.46. The molecule has 136 valence electrons. The van der Waals surface area contributed by atoms with E-state index in [-0.39, 0.29) is 6.61 Å². The van der Waals surface area contributed by atoms with Gasteiger partial charge >= 0.3 is 11.9 Å². The van der Waals surface area contributed by atoms with Crippen molar-refractivity contribution in [1.82, 2.24) is 0 Å². The Kier molecular flexibility index (Phi) is 4.97. The molecular weight excluding hydrogens is 338 g/mol. The predicted octanol–water partition coefficient (Wildman–Crippen LogP) is 3.16. The number of ether oxygens (including phenoxy) is 4. The number of hydrogen-bond donors (Lipinski definition) is 1. The van der Waals surface area contributed by atoms with E-state index >= 15 is 0 Å². The van der Waals surface area contributed by atoms with Crippen LogP contribution in [0.1, 0.15) is 39.4 Å². The number of methoxy groups -OCH3 is 2. The van der Waals surface area contributed by atoms with E-state index in [0.29, 0.717) is 33.9 Å². The minimum Gasteiger partial charge on any atom is -0.493 e. The molecule has 3 rings (SSSR count). The summed E-state index contributed by atoms with van der Waals surface area (Å²) in [5.74, 6) is -0.219. The van der Waals surface area contributed by atoms with Crippen molar-refractivity contribution in [3.05, 3.63) is 53.1 Å². The van der Waals surface area contributed by atoms with E-state index in [4.69, 9.17) is 18.9 Å². The summed E-state index contributed by atoms with van der Waals surface area (Å²) in [6.45, 7) is 2.01. The van der Waals surface area contributed by atoms with E-state index in [0.717, 1.165) is 0 Å². The Labute approximate surface area is 150 Å².